The van der Waals surface area contributed by atoms with Gasteiger partial charge in [0.15, 0.2) is 6.10 Å². The summed E-state index contributed by atoms with van der Waals surface area (Å²) in [6.07, 6.45) is -0.608. The summed E-state index contributed by atoms with van der Waals surface area (Å²) in [6, 6.07) is 5.55. The molecule has 1 heterocycles. The number of ether oxygens (including phenoxy) is 2. The van der Waals surface area contributed by atoms with Crippen LogP contribution in [0.25, 0.3) is 0 Å². The molecule has 0 saturated carbocycles. The van der Waals surface area contributed by atoms with E-state index < -0.39 is 12.2 Å². The van der Waals surface area contributed by atoms with Crippen LogP contribution in [0.2, 0.25) is 0 Å². The summed E-state index contributed by atoms with van der Waals surface area (Å²) >= 11 is 0. The van der Waals surface area contributed by atoms with Crippen LogP contribution in [-0.2, 0) is 9.53 Å². The zero-order valence-electron chi connectivity index (χ0n) is 9.97. The number of hydrogen-bond acceptors (Lipinski definition) is 4. The van der Waals surface area contributed by atoms with Gasteiger partial charge in [0, 0.05) is 12.0 Å². The fourth-order valence-electron chi connectivity index (χ4n) is 1.83. The lowest BCUT2D eigenvalue weighted by atomic mass is 10.1. The molecule has 92 valence electrons. The van der Waals surface area contributed by atoms with E-state index >= 15 is 0 Å². The molecular weight excluding hydrogens is 220 g/mol. The highest BCUT2D eigenvalue weighted by Crippen LogP contribution is 2.28. The van der Waals surface area contributed by atoms with Gasteiger partial charge in [0.05, 0.1) is 12.7 Å². The molecule has 2 unspecified atom stereocenters. The average Bonchev–Trinajstić information content (AvgIpc) is 2.64. The third kappa shape index (κ3) is 2.58. The Bertz CT molecular complexity index is 425. The number of rotatable bonds is 3. The summed E-state index contributed by atoms with van der Waals surface area (Å²) in [6.45, 7) is 4.01. The molecule has 1 aromatic carbocycles. The van der Waals surface area contributed by atoms with E-state index in [0.717, 1.165) is 5.56 Å². The second kappa shape index (κ2) is 4.75. The first-order chi connectivity index (χ1) is 8.08. The van der Waals surface area contributed by atoms with Crippen molar-refractivity contribution in [3.63, 3.8) is 0 Å². The molecule has 0 radical (unpaired) electrons. The van der Waals surface area contributed by atoms with Crippen LogP contribution in [0, 0.1) is 6.92 Å². The molecule has 1 aliphatic rings. The van der Waals surface area contributed by atoms with E-state index in [1.807, 2.05) is 25.1 Å². The molecular formula is C13H16O4. The molecule has 1 aromatic rings. The second-order valence-corrected chi connectivity index (χ2v) is 4.28. The van der Waals surface area contributed by atoms with E-state index in [9.17, 15) is 9.90 Å². The Morgan fingerprint density at radius 3 is 2.88 bits per heavy atom. The number of benzene rings is 1. The van der Waals surface area contributed by atoms with Crippen LogP contribution in [0.15, 0.2) is 18.2 Å². The molecule has 0 bridgehead atoms. The molecule has 1 aliphatic heterocycles. The van der Waals surface area contributed by atoms with Crippen LogP contribution in [0.1, 0.15) is 30.6 Å². The summed E-state index contributed by atoms with van der Waals surface area (Å²) in [5.41, 5.74) is 1.71. The minimum absolute atomic E-state index is 0.331. The maximum Gasteiger partial charge on any atom is 0.347 e. The third-order valence-electron chi connectivity index (χ3n) is 2.78. The molecule has 0 aliphatic carbocycles. The smallest absolute Gasteiger partial charge is 0.347 e. The minimum atomic E-state index is -0.622. The van der Waals surface area contributed by atoms with Gasteiger partial charge in [-0.05, 0) is 25.5 Å². The van der Waals surface area contributed by atoms with Gasteiger partial charge in [0.25, 0.3) is 0 Å². The molecule has 1 saturated heterocycles. The van der Waals surface area contributed by atoms with E-state index in [4.69, 9.17) is 9.47 Å². The Morgan fingerprint density at radius 2 is 2.29 bits per heavy atom. The van der Waals surface area contributed by atoms with Crippen molar-refractivity contribution in [3.8, 4) is 5.75 Å². The molecule has 2 atom stereocenters. The van der Waals surface area contributed by atoms with Gasteiger partial charge < -0.3 is 14.6 Å². The van der Waals surface area contributed by atoms with Crippen LogP contribution >= 0.6 is 0 Å². The van der Waals surface area contributed by atoms with Gasteiger partial charge in [-0.2, -0.15) is 0 Å². The lowest BCUT2D eigenvalue weighted by Gasteiger charge is -2.16. The molecule has 0 spiro atoms. The van der Waals surface area contributed by atoms with Crippen molar-refractivity contribution in [1.82, 2.24) is 0 Å². The highest BCUT2D eigenvalue weighted by Gasteiger charge is 2.29. The van der Waals surface area contributed by atoms with Gasteiger partial charge in [0.1, 0.15) is 5.75 Å². The lowest BCUT2D eigenvalue weighted by Crippen LogP contribution is -2.22. The zero-order valence-corrected chi connectivity index (χ0v) is 9.97. The van der Waals surface area contributed by atoms with Crippen molar-refractivity contribution in [3.05, 3.63) is 29.3 Å². The van der Waals surface area contributed by atoms with E-state index in [-0.39, 0.29) is 5.97 Å². The quantitative estimate of drug-likeness (QED) is 0.812. The van der Waals surface area contributed by atoms with E-state index in [1.165, 1.54) is 0 Å². The maximum absolute atomic E-state index is 11.3. The van der Waals surface area contributed by atoms with Gasteiger partial charge in [-0.1, -0.05) is 12.1 Å². The molecule has 17 heavy (non-hydrogen) atoms. The summed E-state index contributed by atoms with van der Waals surface area (Å²) in [4.78, 5) is 11.3. The standard InChI is InChI=1S/C13H16O4/c1-8-3-4-10(9(2)14)12(7-8)17-11-5-6-16-13(11)15/h3-4,7,9,11,14H,5-6H2,1-2H3. The van der Waals surface area contributed by atoms with Crippen LogP contribution in [0.3, 0.4) is 0 Å². The molecule has 1 N–H and O–H groups in total. The number of carbonyl (C=O) groups excluding carboxylic acids is 1. The predicted octanol–water partition coefficient (Wildman–Crippen LogP) is 1.74. The minimum Gasteiger partial charge on any atom is -0.478 e. The fraction of sp³-hybridized carbons (Fsp3) is 0.462. The largest absolute Gasteiger partial charge is 0.478 e. The van der Waals surface area contributed by atoms with E-state index in [1.54, 1.807) is 6.92 Å². The zero-order chi connectivity index (χ0) is 12.4. The van der Waals surface area contributed by atoms with Crippen molar-refractivity contribution < 1.29 is 19.4 Å². The Hall–Kier alpha value is -1.55. The molecule has 2 rings (SSSR count). The Balaban J connectivity index is 2.24. The van der Waals surface area contributed by atoms with Gasteiger partial charge in [-0.3, -0.25) is 0 Å². The first kappa shape index (κ1) is 11.9. The van der Waals surface area contributed by atoms with E-state index in [2.05, 4.69) is 0 Å². The highest BCUT2D eigenvalue weighted by atomic mass is 16.6. The van der Waals surface area contributed by atoms with Gasteiger partial charge in [0.2, 0.25) is 0 Å². The Kier molecular flexibility index (Phi) is 3.33. The van der Waals surface area contributed by atoms with Crippen molar-refractivity contribution in [1.29, 1.82) is 0 Å². The third-order valence-corrected chi connectivity index (χ3v) is 2.78. The van der Waals surface area contributed by atoms with Crippen LogP contribution < -0.4 is 4.74 Å². The van der Waals surface area contributed by atoms with Crippen LogP contribution in [0.4, 0.5) is 0 Å². The lowest BCUT2D eigenvalue weighted by molar-refractivity contribution is -0.143. The molecule has 4 nitrogen and oxygen atoms in total. The number of aliphatic hydroxyl groups excluding tert-OH is 1. The second-order valence-electron chi connectivity index (χ2n) is 4.28. The first-order valence-electron chi connectivity index (χ1n) is 5.70. The van der Waals surface area contributed by atoms with Gasteiger partial charge in [-0.25, -0.2) is 4.79 Å². The predicted molar refractivity (Wildman–Crippen MR) is 61.8 cm³/mol. The Morgan fingerprint density at radius 1 is 1.53 bits per heavy atom. The summed E-state index contributed by atoms with van der Waals surface area (Å²) in [5, 5.41) is 9.64. The SMILES string of the molecule is Cc1ccc(C(C)O)c(OC2CCOC2=O)c1. The van der Waals surface area contributed by atoms with Crippen molar-refractivity contribution in [2.45, 2.75) is 32.5 Å². The number of carbonyl (C=O) groups is 1. The number of hydrogen-bond donors (Lipinski definition) is 1. The number of aryl methyl sites for hydroxylation is 1. The maximum atomic E-state index is 11.3. The highest BCUT2D eigenvalue weighted by molar-refractivity contribution is 5.76. The molecule has 1 fully saturated rings. The summed E-state index contributed by atoms with van der Waals surface area (Å²) in [5.74, 6) is 0.229. The average molecular weight is 236 g/mol. The van der Waals surface area contributed by atoms with Gasteiger partial charge in [-0.15, -0.1) is 0 Å². The van der Waals surface area contributed by atoms with Crippen molar-refractivity contribution >= 4 is 5.97 Å². The summed E-state index contributed by atoms with van der Waals surface area (Å²) in [7, 11) is 0. The van der Waals surface area contributed by atoms with Crippen molar-refractivity contribution in [2.75, 3.05) is 6.61 Å². The summed E-state index contributed by atoms with van der Waals surface area (Å²) < 4.78 is 10.5. The number of aliphatic hydroxyl groups is 1. The normalized spacial score (nSPS) is 21.1. The van der Waals surface area contributed by atoms with Crippen LogP contribution in [-0.4, -0.2) is 23.8 Å². The molecule has 0 amide bonds. The van der Waals surface area contributed by atoms with Crippen molar-refractivity contribution in [2.24, 2.45) is 0 Å². The van der Waals surface area contributed by atoms with E-state index in [0.29, 0.717) is 24.3 Å². The number of cyclic esters (lactones) is 1. The Labute approximate surface area is 100 Å². The molecule has 4 heteroatoms. The monoisotopic (exact) mass is 236 g/mol. The number of esters is 1. The van der Waals surface area contributed by atoms with Crippen LogP contribution in [0.5, 0.6) is 5.75 Å². The molecule has 0 aromatic heterocycles. The van der Waals surface area contributed by atoms with Gasteiger partial charge >= 0.3 is 5.97 Å². The fourth-order valence-corrected chi connectivity index (χ4v) is 1.83. The topological polar surface area (TPSA) is 55.8 Å². The first-order valence-corrected chi connectivity index (χ1v) is 5.70.